The molecule has 29 heavy (non-hydrogen) atoms. The van der Waals surface area contributed by atoms with Gasteiger partial charge in [0.1, 0.15) is 11.7 Å². The molecule has 0 bridgehead atoms. The summed E-state index contributed by atoms with van der Waals surface area (Å²) in [7, 11) is 0. The molecule has 10 heteroatoms. The molecule has 1 aliphatic heterocycles. The number of aromatic nitrogens is 2. The predicted octanol–water partition coefficient (Wildman–Crippen LogP) is 3.09. The highest BCUT2D eigenvalue weighted by Crippen LogP contribution is 2.53. The largest absolute Gasteiger partial charge is 0.419 e. The van der Waals surface area contributed by atoms with E-state index >= 15 is 0 Å². The molecule has 3 atom stereocenters. The van der Waals surface area contributed by atoms with Gasteiger partial charge in [-0.2, -0.15) is 13.2 Å². The molecule has 3 aliphatic rings. The van der Waals surface area contributed by atoms with Crippen LogP contribution in [0.2, 0.25) is 5.15 Å². The number of alkyl halides is 3. The summed E-state index contributed by atoms with van der Waals surface area (Å²) in [6.07, 6.45) is 0.0212. The van der Waals surface area contributed by atoms with Crippen LogP contribution in [-0.4, -0.2) is 56.7 Å². The summed E-state index contributed by atoms with van der Waals surface area (Å²) >= 11 is 6.17. The second kappa shape index (κ2) is 6.35. The molecule has 1 unspecified atom stereocenters. The molecule has 5 rings (SSSR count). The number of carbonyl (C=O) groups is 2. The summed E-state index contributed by atoms with van der Waals surface area (Å²) in [5.74, 6) is 0.722. The summed E-state index contributed by atoms with van der Waals surface area (Å²) in [5.41, 5.74) is -1.67. The Morgan fingerprint density at radius 1 is 1.17 bits per heavy atom. The number of pyridine rings is 1. The van der Waals surface area contributed by atoms with Crippen LogP contribution in [0.25, 0.3) is 5.65 Å². The van der Waals surface area contributed by atoms with Crippen molar-refractivity contribution in [1.29, 1.82) is 0 Å². The van der Waals surface area contributed by atoms with Crippen LogP contribution in [0.5, 0.6) is 0 Å². The fourth-order valence-electron chi connectivity index (χ4n) is 4.73. The highest BCUT2D eigenvalue weighted by Gasteiger charge is 2.49. The molecule has 2 aliphatic carbocycles. The quantitative estimate of drug-likeness (QED) is 0.741. The lowest BCUT2D eigenvalue weighted by Gasteiger charge is -2.38. The molecule has 0 N–H and O–H groups in total. The van der Waals surface area contributed by atoms with Crippen molar-refractivity contribution >= 4 is 29.1 Å². The molecule has 154 valence electrons. The minimum absolute atomic E-state index is 0.110. The molecule has 2 amide bonds. The average Bonchev–Trinajstić information content (AvgIpc) is 3.13. The first-order valence-corrected chi connectivity index (χ1v) is 9.94. The Morgan fingerprint density at radius 2 is 1.90 bits per heavy atom. The highest BCUT2D eigenvalue weighted by atomic mass is 35.5. The predicted molar refractivity (Wildman–Crippen MR) is 97.4 cm³/mol. The summed E-state index contributed by atoms with van der Waals surface area (Å²) in [6.45, 7) is 0.626. The van der Waals surface area contributed by atoms with Gasteiger partial charge in [-0.1, -0.05) is 11.6 Å². The average molecular weight is 427 g/mol. The first-order chi connectivity index (χ1) is 13.7. The first kappa shape index (κ1) is 18.7. The van der Waals surface area contributed by atoms with Crippen molar-refractivity contribution in [3.05, 3.63) is 34.7 Å². The van der Waals surface area contributed by atoms with E-state index in [-0.39, 0.29) is 29.3 Å². The number of fused-ring (bicyclic) bond motifs is 2. The SMILES string of the molecule is O=C(c1nc2c(C(F)(F)F)cccn2c1Cl)N1CCN(C2C[C@@H]3C[C@@H]3C2)C(=O)C1. The zero-order valence-electron chi connectivity index (χ0n) is 15.3. The molecule has 2 aromatic rings. The maximum atomic E-state index is 13.2. The molecule has 0 aromatic carbocycles. The van der Waals surface area contributed by atoms with E-state index in [4.69, 9.17) is 11.6 Å². The molecule has 1 saturated heterocycles. The Labute approximate surface area is 169 Å². The van der Waals surface area contributed by atoms with Crippen LogP contribution < -0.4 is 0 Å². The zero-order valence-corrected chi connectivity index (χ0v) is 16.1. The van der Waals surface area contributed by atoms with E-state index in [1.54, 1.807) is 0 Å². The van der Waals surface area contributed by atoms with Gasteiger partial charge in [-0.05, 0) is 43.2 Å². The molecule has 2 aromatic heterocycles. The number of amides is 2. The standard InChI is InChI=1S/C19H18ClF3N4O2/c20-16-15(24-17-13(19(21,22)23)2-1-3-27(16)17)18(29)25-4-5-26(14(28)9-25)12-7-10-6-11(10)8-12/h1-3,10-12H,4-9H2/t10-,11+,12?. The first-order valence-electron chi connectivity index (χ1n) is 9.56. The van der Waals surface area contributed by atoms with Crippen LogP contribution in [-0.2, 0) is 11.0 Å². The van der Waals surface area contributed by atoms with Crippen LogP contribution >= 0.6 is 11.6 Å². The smallest absolute Gasteiger partial charge is 0.336 e. The Balaban J connectivity index is 1.38. The topological polar surface area (TPSA) is 57.9 Å². The van der Waals surface area contributed by atoms with E-state index in [2.05, 4.69) is 4.98 Å². The Kier molecular flexibility index (Phi) is 4.10. The van der Waals surface area contributed by atoms with Gasteiger partial charge in [-0.15, -0.1) is 0 Å². The summed E-state index contributed by atoms with van der Waals surface area (Å²) in [4.78, 5) is 32.6. The molecule has 6 nitrogen and oxygen atoms in total. The second-order valence-electron chi connectivity index (χ2n) is 8.06. The van der Waals surface area contributed by atoms with Gasteiger partial charge < -0.3 is 9.80 Å². The molecule has 3 heterocycles. The van der Waals surface area contributed by atoms with E-state index in [9.17, 15) is 22.8 Å². The fourth-order valence-corrected chi connectivity index (χ4v) is 4.99. The Hall–Kier alpha value is -2.29. The molecular weight excluding hydrogens is 409 g/mol. The fraction of sp³-hybridized carbons (Fsp3) is 0.526. The van der Waals surface area contributed by atoms with Crippen LogP contribution in [0.4, 0.5) is 13.2 Å². The third-order valence-corrected chi connectivity index (χ3v) is 6.66. The number of hydrogen-bond acceptors (Lipinski definition) is 3. The molecule has 0 radical (unpaired) electrons. The van der Waals surface area contributed by atoms with Crippen LogP contribution in [0.15, 0.2) is 18.3 Å². The number of carbonyl (C=O) groups excluding carboxylic acids is 2. The van der Waals surface area contributed by atoms with Gasteiger partial charge in [-0.25, -0.2) is 4.98 Å². The van der Waals surface area contributed by atoms with Crippen molar-refractivity contribution in [3.63, 3.8) is 0 Å². The van der Waals surface area contributed by atoms with Crippen molar-refractivity contribution in [1.82, 2.24) is 19.2 Å². The number of hydrogen-bond donors (Lipinski definition) is 0. The number of piperazine rings is 1. The van der Waals surface area contributed by atoms with Crippen molar-refractivity contribution in [3.8, 4) is 0 Å². The monoisotopic (exact) mass is 426 g/mol. The number of imidazole rings is 1. The Bertz CT molecular complexity index is 1010. The number of rotatable bonds is 2. The third-order valence-electron chi connectivity index (χ3n) is 6.30. The van der Waals surface area contributed by atoms with Crippen LogP contribution in [0, 0.1) is 11.8 Å². The maximum absolute atomic E-state index is 13.2. The van der Waals surface area contributed by atoms with Crippen molar-refractivity contribution in [2.24, 2.45) is 11.8 Å². The van der Waals surface area contributed by atoms with E-state index in [1.807, 2.05) is 4.90 Å². The summed E-state index contributed by atoms with van der Waals surface area (Å²) in [5, 5.41) is -0.193. The number of halogens is 4. The second-order valence-corrected chi connectivity index (χ2v) is 8.42. The highest BCUT2D eigenvalue weighted by molar-refractivity contribution is 6.33. The summed E-state index contributed by atoms with van der Waals surface area (Å²) in [6, 6.07) is 2.34. The van der Waals surface area contributed by atoms with Gasteiger partial charge in [0.15, 0.2) is 11.3 Å². The molecule has 2 saturated carbocycles. The van der Waals surface area contributed by atoms with Gasteiger partial charge >= 0.3 is 6.18 Å². The lowest BCUT2D eigenvalue weighted by molar-refractivity contribution is -0.138. The van der Waals surface area contributed by atoms with Gasteiger partial charge in [0, 0.05) is 25.3 Å². The lowest BCUT2D eigenvalue weighted by Crippen LogP contribution is -2.55. The normalized spacial score (nSPS) is 26.9. The lowest BCUT2D eigenvalue weighted by atomic mass is 10.1. The van der Waals surface area contributed by atoms with Gasteiger partial charge in [0.25, 0.3) is 5.91 Å². The minimum Gasteiger partial charge on any atom is -0.336 e. The van der Waals surface area contributed by atoms with Crippen LogP contribution in [0.1, 0.15) is 35.3 Å². The van der Waals surface area contributed by atoms with Crippen molar-refractivity contribution < 1.29 is 22.8 Å². The zero-order chi connectivity index (χ0) is 20.5. The van der Waals surface area contributed by atoms with E-state index < -0.39 is 23.3 Å². The van der Waals surface area contributed by atoms with Crippen molar-refractivity contribution in [2.75, 3.05) is 19.6 Å². The van der Waals surface area contributed by atoms with Gasteiger partial charge in [-0.3, -0.25) is 14.0 Å². The van der Waals surface area contributed by atoms with Crippen LogP contribution in [0.3, 0.4) is 0 Å². The van der Waals surface area contributed by atoms with Crippen molar-refractivity contribution in [2.45, 2.75) is 31.5 Å². The molecule has 0 spiro atoms. The van der Waals surface area contributed by atoms with Gasteiger partial charge in [0.05, 0.1) is 5.56 Å². The van der Waals surface area contributed by atoms with E-state index in [0.717, 1.165) is 35.1 Å². The van der Waals surface area contributed by atoms with Gasteiger partial charge in [0.2, 0.25) is 5.91 Å². The molecular formula is C19H18ClF3N4O2. The minimum atomic E-state index is -4.62. The summed E-state index contributed by atoms with van der Waals surface area (Å²) < 4.78 is 40.8. The maximum Gasteiger partial charge on any atom is 0.419 e. The third kappa shape index (κ3) is 3.06. The van der Waals surface area contributed by atoms with E-state index in [0.29, 0.717) is 13.1 Å². The molecule has 3 fully saturated rings. The number of nitrogens with zero attached hydrogens (tertiary/aromatic N) is 4. The van der Waals surface area contributed by atoms with E-state index in [1.165, 1.54) is 23.6 Å². The Morgan fingerprint density at radius 3 is 2.55 bits per heavy atom.